The minimum Gasteiger partial charge on any atom is -0.391 e. The summed E-state index contributed by atoms with van der Waals surface area (Å²) in [5.74, 6) is 2.04. The van der Waals surface area contributed by atoms with Crippen LogP contribution in [-0.4, -0.2) is 36.2 Å². The average Bonchev–Trinajstić information content (AvgIpc) is 2.41. The molecule has 0 amide bonds. The number of hydrogen-bond acceptors (Lipinski definition) is 2. The van der Waals surface area contributed by atoms with Crippen LogP contribution in [0.4, 0.5) is 0 Å². The number of nitrogens with zero attached hydrogens (tertiary/aromatic N) is 1. The standard InChI is InChI=1S/C12H23NO/c1-8-9-6-4-5-7-10(9)12(14)11(8)13(2)3/h8-12,14H,4-7H2,1-3H3. The highest BCUT2D eigenvalue weighted by Gasteiger charge is 2.48. The van der Waals surface area contributed by atoms with Gasteiger partial charge >= 0.3 is 0 Å². The van der Waals surface area contributed by atoms with Crippen molar-refractivity contribution in [3.8, 4) is 0 Å². The molecule has 0 aliphatic heterocycles. The van der Waals surface area contributed by atoms with Gasteiger partial charge in [-0.2, -0.15) is 0 Å². The van der Waals surface area contributed by atoms with Gasteiger partial charge in [-0.3, -0.25) is 0 Å². The van der Waals surface area contributed by atoms with E-state index < -0.39 is 0 Å². The van der Waals surface area contributed by atoms with Crippen LogP contribution in [0.3, 0.4) is 0 Å². The van der Waals surface area contributed by atoms with E-state index >= 15 is 0 Å². The number of aliphatic hydroxyl groups is 1. The zero-order valence-electron chi connectivity index (χ0n) is 9.61. The van der Waals surface area contributed by atoms with Crippen molar-refractivity contribution in [2.75, 3.05) is 14.1 Å². The number of aliphatic hydroxyl groups excluding tert-OH is 1. The third-order valence-electron chi connectivity index (χ3n) is 4.47. The lowest BCUT2D eigenvalue weighted by molar-refractivity contribution is 0.0500. The lowest BCUT2D eigenvalue weighted by Gasteiger charge is -2.28. The molecule has 0 saturated heterocycles. The molecule has 2 aliphatic carbocycles. The van der Waals surface area contributed by atoms with Crippen molar-refractivity contribution in [3.05, 3.63) is 0 Å². The van der Waals surface area contributed by atoms with Gasteiger partial charge in [0.2, 0.25) is 0 Å². The van der Waals surface area contributed by atoms with Gasteiger partial charge in [-0.25, -0.2) is 0 Å². The zero-order valence-corrected chi connectivity index (χ0v) is 9.61. The molecule has 82 valence electrons. The normalized spacial score (nSPS) is 48.2. The first-order chi connectivity index (χ1) is 6.63. The number of hydrogen-bond donors (Lipinski definition) is 1. The Morgan fingerprint density at radius 1 is 1.07 bits per heavy atom. The van der Waals surface area contributed by atoms with Crippen molar-refractivity contribution in [2.24, 2.45) is 17.8 Å². The van der Waals surface area contributed by atoms with Crippen molar-refractivity contribution in [2.45, 2.75) is 44.8 Å². The fourth-order valence-corrected chi connectivity index (χ4v) is 3.86. The number of rotatable bonds is 1. The molecule has 2 aliphatic rings. The third-order valence-corrected chi connectivity index (χ3v) is 4.47. The van der Waals surface area contributed by atoms with Gasteiger partial charge in [-0.15, -0.1) is 0 Å². The van der Waals surface area contributed by atoms with E-state index in [4.69, 9.17) is 0 Å². The monoisotopic (exact) mass is 197 g/mol. The molecule has 2 nitrogen and oxygen atoms in total. The molecule has 0 heterocycles. The summed E-state index contributed by atoms with van der Waals surface area (Å²) >= 11 is 0. The Kier molecular flexibility index (Phi) is 2.85. The molecule has 2 fully saturated rings. The molecule has 5 unspecified atom stereocenters. The number of likely N-dealkylation sites (N-methyl/N-ethyl adjacent to an activating group) is 1. The van der Waals surface area contributed by atoms with E-state index in [0.717, 1.165) is 5.92 Å². The lowest BCUT2D eigenvalue weighted by atomic mass is 9.78. The van der Waals surface area contributed by atoms with Crippen LogP contribution in [-0.2, 0) is 0 Å². The SMILES string of the molecule is CC1C2CCCCC2C(O)C1N(C)C. The lowest BCUT2D eigenvalue weighted by Crippen LogP contribution is -2.40. The van der Waals surface area contributed by atoms with Crippen LogP contribution in [0.25, 0.3) is 0 Å². The van der Waals surface area contributed by atoms with Gasteiger partial charge in [0, 0.05) is 6.04 Å². The van der Waals surface area contributed by atoms with Gasteiger partial charge in [0.15, 0.2) is 0 Å². The van der Waals surface area contributed by atoms with Crippen LogP contribution in [0.2, 0.25) is 0 Å². The molecular formula is C12H23NO. The smallest absolute Gasteiger partial charge is 0.0728 e. The van der Waals surface area contributed by atoms with Gasteiger partial charge in [-0.1, -0.05) is 19.8 Å². The highest BCUT2D eigenvalue weighted by molar-refractivity contribution is 5.00. The zero-order chi connectivity index (χ0) is 10.3. The van der Waals surface area contributed by atoms with E-state index in [2.05, 4.69) is 25.9 Å². The molecule has 2 saturated carbocycles. The molecule has 0 bridgehead atoms. The van der Waals surface area contributed by atoms with Crippen molar-refractivity contribution < 1.29 is 5.11 Å². The van der Waals surface area contributed by atoms with E-state index in [9.17, 15) is 5.11 Å². The van der Waals surface area contributed by atoms with Crippen molar-refractivity contribution in [3.63, 3.8) is 0 Å². The minimum atomic E-state index is -0.0784. The Morgan fingerprint density at radius 3 is 2.14 bits per heavy atom. The molecular weight excluding hydrogens is 174 g/mol. The minimum absolute atomic E-state index is 0.0784. The predicted octanol–water partition coefficient (Wildman–Crippen LogP) is 1.73. The first kappa shape index (κ1) is 10.4. The summed E-state index contributed by atoms with van der Waals surface area (Å²) in [6.07, 6.45) is 5.21. The highest BCUT2D eigenvalue weighted by Crippen LogP contribution is 2.47. The van der Waals surface area contributed by atoms with Gasteiger partial charge in [0.05, 0.1) is 6.10 Å². The molecule has 0 aromatic rings. The molecule has 1 N–H and O–H groups in total. The fraction of sp³-hybridized carbons (Fsp3) is 1.00. The second kappa shape index (κ2) is 3.82. The van der Waals surface area contributed by atoms with Gasteiger partial charge in [0.1, 0.15) is 0 Å². The predicted molar refractivity (Wildman–Crippen MR) is 58.1 cm³/mol. The Hall–Kier alpha value is -0.0800. The third kappa shape index (κ3) is 1.49. The topological polar surface area (TPSA) is 23.5 Å². The van der Waals surface area contributed by atoms with E-state index in [1.165, 1.54) is 25.7 Å². The molecule has 0 radical (unpaired) electrons. The molecule has 2 heteroatoms. The Bertz CT molecular complexity index is 186. The van der Waals surface area contributed by atoms with Gasteiger partial charge < -0.3 is 10.0 Å². The van der Waals surface area contributed by atoms with Crippen LogP contribution >= 0.6 is 0 Å². The van der Waals surface area contributed by atoms with Crippen LogP contribution in [0.15, 0.2) is 0 Å². The maximum Gasteiger partial charge on any atom is 0.0728 e. The molecule has 0 spiro atoms. The van der Waals surface area contributed by atoms with Crippen molar-refractivity contribution in [1.29, 1.82) is 0 Å². The summed E-state index contributed by atoms with van der Waals surface area (Å²) < 4.78 is 0. The highest BCUT2D eigenvalue weighted by atomic mass is 16.3. The van der Waals surface area contributed by atoms with Crippen molar-refractivity contribution >= 4 is 0 Å². The Balaban J connectivity index is 2.15. The summed E-state index contributed by atoms with van der Waals surface area (Å²) in [5, 5.41) is 10.3. The summed E-state index contributed by atoms with van der Waals surface area (Å²) in [5.41, 5.74) is 0. The maximum absolute atomic E-state index is 10.3. The van der Waals surface area contributed by atoms with Gasteiger partial charge in [0.25, 0.3) is 0 Å². The quantitative estimate of drug-likeness (QED) is 0.692. The summed E-state index contributed by atoms with van der Waals surface area (Å²) in [4.78, 5) is 2.22. The van der Waals surface area contributed by atoms with Gasteiger partial charge in [-0.05, 0) is 44.7 Å². The molecule has 0 aromatic heterocycles. The largest absolute Gasteiger partial charge is 0.391 e. The number of fused-ring (bicyclic) bond motifs is 1. The second-order valence-corrected chi connectivity index (χ2v) is 5.42. The molecule has 5 atom stereocenters. The Morgan fingerprint density at radius 2 is 1.64 bits per heavy atom. The van der Waals surface area contributed by atoms with E-state index in [0.29, 0.717) is 17.9 Å². The fourth-order valence-electron chi connectivity index (χ4n) is 3.86. The average molecular weight is 197 g/mol. The molecule has 0 aromatic carbocycles. The Labute approximate surface area is 87.3 Å². The van der Waals surface area contributed by atoms with Crippen LogP contribution < -0.4 is 0 Å². The van der Waals surface area contributed by atoms with E-state index in [1.54, 1.807) is 0 Å². The first-order valence-electron chi connectivity index (χ1n) is 5.97. The van der Waals surface area contributed by atoms with Crippen LogP contribution in [0.1, 0.15) is 32.6 Å². The van der Waals surface area contributed by atoms with Crippen molar-refractivity contribution in [1.82, 2.24) is 4.90 Å². The first-order valence-corrected chi connectivity index (χ1v) is 5.97. The van der Waals surface area contributed by atoms with E-state index in [-0.39, 0.29) is 6.10 Å². The maximum atomic E-state index is 10.3. The molecule has 14 heavy (non-hydrogen) atoms. The van der Waals surface area contributed by atoms with Crippen LogP contribution in [0.5, 0.6) is 0 Å². The summed E-state index contributed by atoms with van der Waals surface area (Å²) in [7, 11) is 4.20. The van der Waals surface area contributed by atoms with E-state index in [1.807, 2.05) is 0 Å². The second-order valence-electron chi connectivity index (χ2n) is 5.42. The summed E-state index contributed by atoms with van der Waals surface area (Å²) in [6.45, 7) is 2.32. The summed E-state index contributed by atoms with van der Waals surface area (Å²) in [6, 6.07) is 0.392. The van der Waals surface area contributed by atoms with Crippen LogP contribution in [0, 0.1) is 17.8 Å². The molecule has 2 rings (SSSR count).